The van der Waals surface area contributed by atoms with Crippen molar-refractivity contribution in [1.82, 2.24) is 10.3 Å². The Morgan fingerprint density at radius 2 is 1.87 bits per heavy atom. The van der Waals surface area contributed by atoms with Crippen LogP contribution in [0.2, 0.25) is 0 Å². The van der Waals surface area contributed by atoms with Gasteiger partial charge < -0.3 is 10.1 Å². The number of ether oxygens (including phenoxy) is 1. The molecule has 31 heavy (non-hydrogen) atoms. The van der Waals surface area contributed by atoms with Gasteiger partial charge in [-0.15, -0.1) is 0 Å². The number of carbonyl (C=O) groups is 1. The molecule has 0 radical (unpaired) electrons. The van der Waals surface area contributed by atoms with Gasteiger partial charge in [0.1, 0.15) is 0 Å². The van der Waals surface area contributed by atoms with Crippen LogP contribution in [-0.4, -0.2) is 25.9 Å². The van der Waals surface area contributed by atoms with Crippen molar-refractivity contribution in [2.24, 2.45) is 0 Å². The molecule has 0 unspecified atom stereocenters. The highest BCUT2D eigenvalue weighted by Gasteiger charge is 2.18. The molecule has 0 saturated carbocycles. The Morgan fingerprint density at radius 3 is 2.65 bits per heavy atom. The van der Waals surface area contributed by atoms with Gasteiger partial charge >= 0.3 is 0 Å². The second-order valence-electron chi connectivity index (χ2n) is 7.07. The minimum atomic E-state index is -3.78. The van der Waals surface area contributed by atoms with Gasteiger partial charge in [0.2, 0.25) is 5.88 Å². The smallest absolute Gasteiger partial charge is 0.262 e. The van der Waals surface area contributed by atoms with Gasteiger partial charge in [0.25, 0.3) is 15.9 Å². The van der Waals surface area contributed by atoms with E-state index in [4.69, 9.17) is 4.74 Å². The normalized spacial score (nSPS) is 11.1. The van der Waals surface area contributed by atoms with Gasteiger partial charge in [-0.25, -0.2) is 13.4 Å². The molecule has 2 N–H and O–H groups in total. The van der Waals surface area contributed by atoms with E-state index >= 15 is 0 Å². The number of aromatic nitrogens is 1. The average molecular weight is 440 g/mol. The fourth-order valence-corrected chi connectivity index (χ4v) is 4.38. The molecular weight excluding hydrogens is 414 g/mol. The van der Waals surface area contributed by atoms with E-state index in [0.29, 0.717) is 35.8 Å². The van der Waals surface area contributed by atoms with Crippen LogP contribution < -0.4 is 14.8 Å². The highest BCUT2D eigenvalue weighted by molar-refractivity contribution is 7.92. The standard InChI is InChI=1S/C23H25N3O4S/c1-4-30-22-13-18(10-11-24-22)15-25-23(27)19-6-5-7-20(14-19)26-31(28,29)21-12-16(2)8-9-17(21)3/h5-14,26H,4,15H2,1-3H3,(H,25,27). The van der Waals surface area contributed by atoms with Crippen molar-refractivity contribution < 1.29 is 17.9 Å². The van der Waals surface area contributed by atoms with Crippen molar-refractivity contribution in [3.8, 4) is 5.88 Å². The number of aryl methyl sites for hydroxylation is 2. The van der Waals surface area contributed by atoms with Gasteiger partial charge in [-0.05, 0) is 67.8 Å². The number of rotatable bonds is 8. The average Bonchev–Trinajstić information content (AvgIpc) is 2.74. The maximum atomic E-state index is 12.8. The summed E-state index contributed by atoms with van der Waals surface area (Å²) < 4.78 is 33.6. The van der Waals surface area contributed by atoms with Gasteiger partial charge in [0, 0.05) is 30.1 Å². The Hall–Kier alpha value is -3.39. The molecular formula is C23H25N3O4S. The van der Waals surface area contributed by atoms with Crippen LogP contribution in [0.25, 0.3) is 0 Å². The summed E-state index contributed by atoms with van der Waals surface area (Å²) in [6, 6.07) is 15.2. The summed E-state index contributed by atoms with van der Waals surface area (Å²) in [6.07, 6.45) is 1.62. The van der Waals surface area contributed by atoms with E-state index < -0.39 is 10.0 Å². The summed E-state index contributed by atoms with van der Waals surface area (Å²) in [4.78, 5) is 16.9. The number of pyridine rings is 1. The Morgan fingerprint density at radius 1 is 1.06 bits per heavy atom. The highest BCUT2D eigenvalue weighted by atomic mass is 32.2. The number of nitrogens with zero attached hydrogens (tertiary/aromatic N) is 1. The molecule has 3 rings (SSSR count). The molecule has 0 aliphatic rings. The minimum Gasteiger partial charge on any atom is -0.478 e. The predicted octanol–water partition coefficient (Wildman–Crippen LogP) is 3.83. The van der Waals surface area contributed by atoms with Crippen molar-refractivity contribution >= 4 is 21.6 Å². The molecule has 3 aromatic rings. The predicted molar refractivity (Wildman–Crippen MR) is 120 cm³/mol. The fourth-order valence-electron chi connectivity index (χ4n) is 3.00. The Balaban J connectivity index is 1.71. The Bertz CT molecular complexity index is 1190. The van der Waals surface area contributed by atoms with Crippen LogP contribution in [0.1, 0.15) is 34.0 Å². The first-order valence-corrected chi connectivity index (χ1v) is 11.3. The summed E-state index contributed by atoms with van der Waals surface area (Å²) >= 11 is 0. The lowest BCUT2D eigenvalue weighted by Crippen LogP contribution is -2.23. The van der Waals surface area contributed by atoms with Crippen LogP contribution in [0.5, 0.6) is 5.88 Å². The van der Waals surface area contributed by atoms with Crippen LogP contribution in [0.4, 0.5) is 5.69 Å². The van der Waals surface area contributed by atoms with E-state index in [1.807, 2.05) is 19.9 Å². The maximum absolute atomic E-state index is 12.8. The molecule has 0 aliphatic heterocycles. The molecule has 8 heteroatoms. The van der Waals surface area contributed by atoms with E-state index in [1.54, 1.807) is 55.6 Å². The second kappa shape index (κ2) is 9.61. The number of benzene rings is 2. The van der Waals surface area contributed by atoms with E-state index in [2.05, 4.69) is 15.0 Å². The SMILES string of the molecule is CCOc1cc(CNC(=O)c2cccc(NS(=O)(=O)c3cc(C)ccc3C)c2)ccn1. The van der Waals surface area contributed by atoms with Crippen molar-refractivity contribution in [3.63, 3.8) is 0 Å². The van der Waals surface area contributed by atoms with Gasteiger partial charge in [-0.1, -0.05) is 18.2 Å². The Labute approximate surface area is 182 Å². The summed E-state index contributed by atoms with van der Waals surface area (Å²) in [7, 11) is -3.78. The maximum Gasteiger partial charge on any atom is 0.262 e. The lowest BCUT2D eigenvalue weighted by atomic mass is 10.2. The third-order valence-corrected chi connectivity index (χ3v) is 6.08. The number of anilines is 1. The van der Waals surface area contributed by atoms with Crippen LogP contribution in [0.3, 0.4) is 0 Å². The van der Waals surface area contributed by atoms with Gasteiger partial charge in [-0.2, -0.15) is 0 Å². The third kappa shape index (κ3) is 5.82. The Kier molecular flexibility index (Phi) is 6.91. The van der Waals surface area contributed by atoms with Gasteiger partial charge in [0.15, 0.2) is 0 Å². The molecule has 1 aromatic heterocycles. The van der Waals surface area contributed by atoms with E-state index in [9.17, 15) is 13.2 Å². The number of amides is 1. The van der Waals surface area contributed by atoms with Crippen molar-refractivity contribution in [1.29, 1.82) is 0 Å². The first-order valence-electron chi connectivity index (χ1n) is 9.84. The summed E-state index contributed by atoms with van der Waals surface area (Å²) in [5.74, 6) is 0.180. The molecule has 1 heterocycles. The molecule has 1 amide bonds. The van der Waals surface area contributed by atoms with Crippen LogP contribution in [-0.2, 0) is 16.6 Å². The minimum absolute atomic E-state index is 0.213. The van der Waals surface area contributed by atoms with Gasteiger partial charge in [-0.3, -0.25) is 9.52 Å². The van der Waals surface area contributed by atoms with Crippen LogP contribution in [0, 0.1) is 13.8 Å². The van der Waals surface area contributed by atoms with Crippen molar-refractivity contribution in [2.75, 3.05) is 11.3 Å². The van der Waals surface area contributed by atoms with E-state index in [-0.39, 0.29) is 10.8 Å². The summed E-state index contributed by atoms with van der Waals surface area (Å²) in [5.41, 5.74) is 3.01. The number of nitrogens with one attached hydrogen (secondary N) is 2. The van der Waals surface area contributed by atoms with Crippen LogP contribution >= 0.6 is 0 Å². The molecule has 0 bridgehead atoms. The number of sulfonamides is 1. The first kappa shape index (κ1) is 22.3. The number of carbonyl (C=O) groups excluding carboxylic acids is 1. The number of hydrogen-bond donors (Lipinski definition) is 2. The van der Waals surface area contributed by atoms with Gasteiger partial charge in [0.05, 0.1) is 11.5 Å². The van der Waals surface area contributed by atoms with Crippen LogP contribution in [0.15, 0.2) is 65.7 Å². The molecule has 0 saturated heterocycles. The zero-order valence-electron chi connectivity index (χ0n) is 17.7. The topological polar surface area (TPSA) is 97.4 Å². The second-order valence-corrected chi connectivity index (χ2v) is 8.72. The first-order chi connectivity index (χ1) is 14.8. The molecule has 0 spiro atoms. The van der Waals surface area contributed by atoms with E-state index in [0.717, 1.165) is 11.1 Å². The van der Waals surface area contributed by atoms with Crippen molar-refractivity contribution in [3.05, 3.63) is 83.0 Å². The molecule has 162 valence electrons. The molecule has 0 aliphatic carbocycles. The van der Waals surface area contributed by atoms with Crippen molar-refractivity contribution in [2.45, 2.75) is 32.2 Å². The lowest BCUT2D eigenvalue weighted by Gasteiger charge is -2.12. The monoisotopic (exact) mass is 439 g/mol. The summed E-state index contributed by atoms with van der Waals surface area (Å²) in [5, 5.41) is 2.82. The molecule has 2 aromatic carbocycles. The molecule has 7 nitrogen and oxygen atoms in total. The quantitative estimate of drug-likeness (QED) is 0.556. The molecule has 0 fully saturated rings. The number of hydrogen-bond acceptors (Lipinski definition) is 5. The molecule has 0 atom stereocenters. The zero-order chi connectivity index (χ0) is 22.4. The largest absolute Gasteiger partial charge is 0.478 e. The fraction of sp³-hybridized carbons (Fsp3) is 0.217. The highest BCUT2D eigenvalue weighted by Crippen LogP contribution is 2.21. The summed E-state index contributed by atoms with van der Waals surface area (Å²) in [6.45, 7) is 6.25. The third-order valence-electron chi connectivity index (χ3n) is 4.55. The lowest BCUT2D eigenvalue weighted by molar-refractivity contribution is 0.0951. The van der Waals surface area contributed by atoms with E-state index in [1.165, 1.54) is 6.07 Å². The zero-order valence-corrected chi connectivity index (χ0v) is 18.5.